The monoisotopic (exact) mass is 262 g/mol. The fourth-order valence-corrected chi connectivity index (χ4v) is 1.92. The molecular formula is C15H22N2O2. The topological polar surface area (TPSA) is 54.3 Å². The molecule has 0 heterocycles. The van der Waals surface area contributed by atoms with Gasteiger partial charge in [0.2, 0.25) is 0 Å². The highest BCUT2D eigenvalue weighted by Crippen LogP contribution is 2.20. The number of benzene rings is 1. The van der Waals surface area contributed by atoms with Gasteiger partial charge >= 0.3 is 0 Å². The molecule has 0 amide bonds. The second-order valence-corrected chi connectivity index (χ2v) is 5.18. The van der Waals surface area contributed by atoms with Crippen molar-refractivity contribution in [3.05, 3.63) is 24.3 Å². The van der Waals surface area contributed by atoms with Gasteiger partial charge < -0.3 is 14.8 Å². The van der Waals surface area contributed by atoms with Crippen molar-refractivity contribution in [2.75, 3.05) is 19.0 Å². The molecule has 1 rings (SSSR count). The minimum absolute atomic E-state index is 0.0746. The zero-order valence-electron chi connectivity index (χ0n) is 12.1. The Hall–Kier alpha value is -1.73. The van der Waals surface area contributed by atoms with Crippen molar-refractivity contribution < 1.29 is 9.47 Å². The standard InChI is InChI=1S/C15H22N2O2/c1-12(11-15(2,3)18-4)17-13-5-7-14(8-6-13)19-10-9-16/h5-8,12,17H,10-11H2,1-4H3. The molecule has 0 aliphatic heterocycles. The summed E-state index contributed by atoms with van der Waals surface area (Å²) in [6, 6.07) is 9.85. The van der Waals surface area contributed by atoms with E-state index in [1.807, 2.05) is 30.3 Å². The number of nitrogens with zero attached hydrogens (tertiary/aromatic N) is 1. The van der Waals surface area contributed by atoms with E-state index in [-0.39, 0.29) is 12.2 Å². The Morgan fingerprint density at radius 1 is 1.32 bits per heavy atom. The summed E-state index contributed by atoms with van der Waals surface area (Å²) in [5.74, 6) is 0.706. The summed E-state index contributed by atoms with van der Waals surface area (Å²) in [6.45, 7) is 6.35. The molecule has 0 aliphatic rings. The van der Waals surface area contributed by atoms with Gasteiger partial charge in [-0.05, 0) is 51.5 Å². The molecule has 1 N–H and O–H groups in total. The highest BCUT2D eigenvalue weighted by molar-refractivity contribution is 5.47. The smallest absolute Gasteiger partial charge is 0.174 e. The third kappa shape index (κ3) is 5.62. The predicted octanol–water partition coefficient (Wildman–Crippen LogP) is 3.20. The van der Waals surface area contributed by atoms with Crippen molar-refractivity contribution in [2.45, 2.75) is 38.8 Å². The average molecular weight is 262 g/mol. The fourth-order valence-electron chi connectivity index (χ4n) is 1.92. The molecule has 1 unspecified atom stereocenters. The van der Waals surface area contributed by atoms with E-state index in [0.717, 1.165) is 12.1 Å². The van der Waals surface area contributed by atoms with Crippen molar-refractivity contribution in [1.29, 1.82) is 5.26 Å². The Bertz CT molecular complexity index is 421. The lowest BCUT2D eigenvalue weighted by atomic mass is 10.00. The van der Waals surface area contributed by atoms with Crippen molar-refractivity contribution >= 4 is 5.69 Å². The molecule has 104 valence electrons. The van der Waals surface area contributed by atoms with E-state index in [4.69, 9.17) is 14.7 Å². The maximum atomic E-state index is 8.43. The summed E-state index contributed by atoms with van der Waals surface area (Å²) >= 11 is 0. The van der Waals surface area contributed by atoms with Crippen molar-refractivity contribution in [1.82, 2.24) is 0 Å². The number of nitrogens with one attached hydrogen (secondary N) is 1. The van der Waals surface area contributed by atoms with E-state index >= 15 is 0 Å². The lowest BCUT2D eigenvalue weighted by Gasteiger charge is -2.27. The molecule has 0 spiro atoms. The summed E-state index contributed by atoms with van der Waals surface area (Å²) in [4.78, 5) is 0. The lowest BCUT2D eigenvalue weighted by Crippen LogP contribution is -2.31. The van der Waals surface area contributed by atoms with Crippen LogP contribution in [0.1, 0.15) is 27.2 Å². The van der Waals surface area contributed by atoms with Crippen LogP contribution in [0.4, 0.5) is 5.69 Å². The number of rotatable bonds is 7. The predicted molar refractivity (Wildman–Crippen MR) is 76.3 cm³/mol. The molecule has 1 aromatic rings. The van der Waals surface area contributed by atoms with Gasteiger partial charge in [-0.15, -0.1) is 0 Å². The van der Waals surface area contributed by atoms with Crippen LogP contribution in [0, 0.1) is 11.3 Å². The summed E-state index contributed by atoms with van der Waals surface area (Å²) in [5.41, 5.74) is 0.895. The van der Waals surface area contributed by atoms with Gasteiger partial charge in [0.25, 0.3) is 0 Å². The van der Waals surface area contributed by atoms with E-state index in [1.165, 1.54) is 0 Å². The maximum Gasteiger partial charge on any atom is 0.174 e. The van der Waals surface area contributed by atoms with Crippen molar-refractivity contribution in [3.63, 3.8) is 0 Å². The number of nitriles is 1. The molecule has 4 nitrogen and oxygen atoms in total. The van der Waals surface area contributed by atoms with Crippen molar-refractivity contribution in [3.8, 4) is 11.8 Å². The third-order valence-corrected chi connectivity index (χ3v) is 2.92. The third-order valence-electron chi connectivity index (χ3n) is 2.92. The Labute approximate surface area is 115 Å². The Balaban J connectivity index is 2.51. The number of hydrogen-bond donors (Lipinski definition) is 1. The Morgan fingerprint density at radius 2 is 1.95 bits per heavy atom. The lowest BCUT2D eigenvalue weighted by molar-refractivity contribution is 0.0128. The molecule has 0 aromatic heterocycles. The van der Waals surface area contributed by atoms with Gasteiger partial charge in [-0.1, -0.05) is 0 Å². The highest BCUT2D eigenvalue weighted by atomic mass is 16.5. The zero-order valence-corrected chi connectivity index (χ0v) is 12.1. The summed E-state index contributed by atoms with van der Waals surface area (Å²) in [6.07, 6.45) is 0.913. The first-order chi connectivity index (χ1) is 8.96. The molecule has 1 aromatic carbocycles. The molecule has 0 aliphatic carbocycles. The quantitative estimate of drug-likeness (QED) is 0.819. The minimum atomic E-state index is -0.137. The van der Waals surface area contributed by atoms with E-state index in [1.54, 1.807) is 7.11 Å². The first-order valence-corrected chi connectivity index (χ1v) is 6.38. The van der Waals surface area contributed by atoms with E-state index in [9.17, 15) is 0 Å². The second-order valence-electron chi connectivity index (χ2n) is 5.18. The van der Waals surface area contributed by atoms with Gasteiger partial charge in [-0.2, -0.15) is 5.26 Å². The van der Waals surface area contributed by atoms with E-state index in [0.29, 0.717) is 11.8 Å². The highest BCUT2D eigenvalue weighted by Gasteiger charge is 2.19. The number of hydrogen-bond acceptors (Lipinski definition) is 4. The second kappa shape index (κ2) is 7.01. The summed E-state index contributed by atoms with van der Waals surface area (Å²) in [7, 11) is 1.73. The van der Waals surface area contributed by atoms with Crippen LogP contribution in [0.15, 0.2) is 24.3 Å². The molecule has 0 radical (unpaired) electrons. The van der Waals surface area contributed by atoms with Crippen LogP contribution in [0.3, 0.4) is 0 Å². The average Bonchev–Trinajstić information content (AvgIpc) is 2.37. The van der Waals surface area contributed by atoms with Crippen LogP contribution in [-0.2, 0) is 4.74 Å². The van der Waals surface area contributed by atoms with Gasteiger partial charge in [-0.25, -0.2) is 0 Å². The summed E-state index contributed by atoms with van der Waals surface area (Å²) < 4.78 is 10.6. The Kier molecular flexibility index (Phi) is 5.65. The molecule has 0 fully saturated rings. The van der Waals surface area contributed by atoms with Crippen LogP contribution in [0.5, 0.6) is 5.75 Å². The fraction of sp³-hybridized carbons (Fsp3) is 0.533. The SMILES string of the molecule is COC(C)(C)CC(C)Nc1ccc(OCC#N)cc1. The number of methoxy groups -OCH3 is 1. The van der Waals surface area contributed by atoms with Crippen LogP contribution < -0.4 is 10.1 Å². The summed E-state index contributed by atoms with van der Waals surface area (Å²) in [5, 5.41) is 11.8. The van der Waals surface area contributed by atoms with E-state index < -0.39 is 0 Å². The van der Waals surface area contributed by atoms with Crippen LogP contribution in [-0.4, -0.2) is 25.4 Å². The molecule has 4 heteroatoms. The zero-order chi connectivity index (χ0) is 14.3. The van der Waals surface area contributed by atoms with Crippen LogP contribution in [0.2, 0.25) is 0 Å². The van der Waals surface area contributed by atoms with Gasteiger partial charge in [0, 0.05) is 18.8 Å². The van der Waals surface area contributed by atoms with Crippen LogP contribution in [0.25, 0.3) is 0 Å². The molecule has 19 heavy (non-hydrogen) atoms. The molecule has 0 saturated heterocycles. The Morgan fingerprint density at radius 3 is 2.47 bits per heavy atom. The minimum Gasteiger partial charge on any atom is -0.479 e. The number of anilines is 1. The molecule has 1 atom stereocenters. The largest absolute Gasteiger partial charge is 0.479 e. The van der Waals surface area contributed by atoms with Crippen LogP contribution >= 0.6 is 0 Å². The van der Waals surface area contributed by atoms with Crippen molar-refractivity contribution in [2.24, 2.45) is 0 Å². The molecule has 0 saturated carbocycles. The van der Waals surface area contributed by atoms with Gasteiger partial charge in [0.1, 0.15) is 11.8 Å². The normalized spacial score (nSPS) is 12.6. The first kappa shape index (κ1) is 15.3. The van der Waals surface area contributed by atoms with Gasteiger partial charge in [0.15, 0.2) is 6.61 Å². The number of ether oxygens (including phenoxy) is 2. The van der Waals surface area contributed by atoms with Gasteiger partial charge in [-0.3, -0.25) is 0 Å². The first-order valence-electron chi connectivity index (χ1n) is 6.38. The molecular weight excluding hydrogens is 240 g/mol. The maximum absolute atomic E-state index is 8.43. The molecule has 0 bridgehead atoms. The van der Waals surface area contributed by atoms with Gasteiger partial charge in [0.05, 0.1) is 5.60 Å². The van der Waals surface area contributed by atoms with E-state index in [2.05, 4.69) is 26.1 Å².